The second-order valence-electron chi connectivity index (χ2n) is 10.7. The number of sulfonamides is 1. The molecule has 0 spiro atoms. The highest BCUT2D eigenvalue weighted by molar-refractivity contribution is 7.92. The Labute approximate surface area is 259 Å². The van der Waals surface area contributed by atoms with Gasteiger partial charge in [0.1, 0.15) is 12.6 Å². The molecule has 0 aliphatic rings. The molecule has 4 aromatic carbocycles. The predicted octanol–water partition coefficient (Wildman–Crippen LogP) is 6.01. The molecule has 2 amide bonds. The van der Waals surface area contributed by atoms with E-state index in [4.69, 9.17) is 11.6 Å². The average Bonchev–Trinajstić information content (AvgIpc) is 2.98. The summed E-state index contributed by atoms with van der Waals surface area (Å²) in [6.07, 6.45) is 0.238. The molecule has 1 atom stereocenters. The van der Waals surface area contributed by atoms with Crippen LogP contribution in [0.4, 0.5) is 5.69 Å². The molecule has 4 aromatic rings. The summed E-state index contributed by atoms with van der Waals surface area (Å²) in [7, 11) is -4.13. The van der Waals surface area contributed by atoms with Crippen molar-refractivity contribution in [2.45, 2.75) is 50.7 Å². The number of anilines is 1. The molecule has 4 rings (SSSR count). The van der Waals surface area contributed by atoms with E-state index in [-0.39, 0.29) is 29.8 Å². The summed E-state index contributed by atoms with van der Waals surface area (Å²) in [5, 5.41) is 3.44. The van der Waals surface area contributed by atoms with E-state index < -0.39 is 28.5 Å². The minimum absolute atomic E-state index is 0.0511. The summed E-state index contributed by atoms with van der Waals surface area (Å²) < 4.78 is 29.1. The number of benzene rings is 4. The van der Waals surface area contributed by atoms with Crippen LogP contribution < -0.4 is 9.62 Å². The number of amides is 2. The molecule has 1 N–H and O–H groups in total. The normalized spacial score (nSPS) is 12.0. The number of hydrogen-bond donors (Lipinski definition) is 1. The first-order valence-corrected chi connectivity index (χ1v) is 15.9. The summed E-state index contributed by atoms with van der Waals surface area (Å²) >= 11 is 6.28. The zero-order valence-electron chi connectivity index (χ0n) is 24.5. The third-order valence-corrected chi connectivity index (χ3v) is 8.90. The van der Waals surface area contributed by atoms with E-state index in [9.17, 15) is 18.0 Å². The first kappa shape index (κ1) is 31.8. The summed E-state index contributed by atoms with van der Waals surface area (Å²) in [4.78, 5) is 29.6. The Morgan fingerprint density at radius 2 is 1.42 bits per heavy atom. The maximum atomic E-state index is 14.4. The number of nitrogens with zero attached hydrogens (tertiary/aromatic N) is 2. The summed E-state index contributed by atoms with van der Waals surface area (Å²) in [5.41, 5.74) is 2.87. The van der Waals surface area contributed by atoms with Crippen molar-refractivity contribution in [2.75, 3.05) is 10.8 Å². The van der Waals surface area contributed by atoms with Gasteiger partial charge >= 0.3 is 0 Å². The lowest BCUT2D eigenvalue weighted by Crippen LogP contribution is -2.54. The van der Waals surface area contributed by atoms with Crippen molar-refractivity contribution >= 4 is 39.1 Å². The van der Waals surface area contributed by atoms with Gasteiger partial charge in [0.05, 0.1) is 10.6 Å². The van der Waals surface area contributed by atoms with Crippen LogP contribution in [-0.4, -0.2) is 43.8 Å². The number of aryl methyl sites for hydroxylation is 1. The fourth-order valence-corrected chi connectivity index (χ4v) is 6.37. The molecule has 0 unspecified atom stereocenters. The van der Waals surface area contributed by atoms with Gasteiger partial charge in [0.25, 0.3) is 10.0 Å². The third-order valence-electron chi connectivity index (χ3n) is 6.88. The van der Waals surface area contributed by atoms with Crippen molar-refractivity contribution in [3.63, 3.8) is 0 Å². The quantitative estimate of drug-likeness (QED) is 0.211. The Morgan fingerprint density at radius 1 is 0.814 bits per heavy atom. The highest BCUT2D eigenvalue weighted by Gasteiger charge is 2.34. The van der Waals surface area contributed by atoms with E-state index in [2.05, 4.69) is 5.32 Å². The Balaban J connectivity index is 1.79. The van der Waals surface area contributed by atoms with Crippen LogP contribution in [0.15, 0.2) is 114 Å². The monoisotopic (exact) mass is 617 g/mol. The van der Waals surface area contributed by atoms with Crippen LogP contribution in [0.3, 0.4) is 0 Å². The average molecular weight is 618 g/mol. The van der Waals surface area contributed by atoms with E-state index >= 15 is 0 Å². The SMILES string of the molecule is Cc1ccc(N(CC(=O)N(Cc2cccc(Cl)c2)[C@H](Cc2ccccc2)C(=O)NC(C)C)S(=O)(=O)c2ccccc2)cc1. The van der Waals surface area contributed by atoms with Crippen molar-refractivity contribution in [1.82, 2.24) is 10.2 Å². The van der Waals surface area contributed by atoms with Gasteiger partial charge in [-0.1, -0.05) is 90.0 Å². The largest absolute Gasteiger partial charge is 0.352 e. The van der Waals surface area contributed by atoms with Crippen LogP contribution in [0.5, 0.6) is 0 Å². The molecule has 0 fully saturated rings. The molecule has 0 aliphatic heterocycles. The molecule has 0 radical (unpaired) electrons. The minimum Gasteiger partial charge on any atom is -0.352 e. The van der Waals surface area contributed by atoms with Crippen LogP contribution >= 0.6 is 11.6 Å². The first-order valence-electron chi connectivity index (χ1n) is 14.1. The highest BCUT2D eigenvalue weighted by atomic mass is 35.5. The third kappa shape index (κ3) is 8.46. The highest BCUT2D eigenvalue weighted by Crippen LogP contribution is 2.25. The van der Waals surface area contributed by atoms with Crippen molar-refractivity contribution in [1.29, 1.82) is 0 Å². The number of carbonyl (C=O) groups is 2. The van der Waals surface area contributed by atoms with Crippen LogP contribution in [-0.2, 0) is 32.6 Å². The zero-order valence-corrected chi connectivity index (χ0v) is 26.1. The van der Waals surface area contributed by atoms with Crippen molar-refractivity contribution in [2.24, 2.45) is 0 Å². The molecular formula is C34H36ClN3O4S. The second-order valence-corrected chi connectivity index (χ2v) is 13.0. The van der Waals surface area contributed by atoms with Crippen molar-refractivity contribution in [3.05, 3.63) is 131 Å². The lowest BCUT2D eigenvalue weighted by Gasteiger charge is -2.34. The molecule has 7 nitrogen and oxygen atoms in total. The van der Waals surface area contributed by atoms with Crippen molar-refractivity contribution in [3.8, 4) is 0 Å². The van der Waals surface area contributed by atoms with Crippen LogP contribution in [0.1, 0.15) is 30.5 Å². The standard InChI is InChI=1S/C34H36ClN3O4S/c1-25(2)36-34(40)32(22-27-11-6-4-7-12-27)37(23-28-13-10-14-29(35)21-28)33(39)24-38(30-19-17-26(3)18-20-30)43(41,42)31-15-8-5-9-16-31/h4-21,25,32H,22-24H2,1-3H3,(H,36,40)/t32-/m1/s1. The molecule has 43 heavy (non-hydrogen) atoms. The topological polar surface area (TPSA) is 86.8 Å². The summed E-state index contributed by atoms with van der Waals surface area (Å²) in [5.74, 6) is -0.859. The molecule has 0 heterocycles. The lowest BCUT2D eigenvalue weighted by atomic mass is 10.0. The Bertz CT molecular complexity index is 1630. The van der Waals surface area contributed by atoms with Crippen LogP contribution in [0.25, 0.3) is 0 Å². The predicted molar refractivity (Wildman–Crippen MR) is 171 cm³/mol. The Hall–Kier alpha value is -4.14. The Morgan fingerprint density at radius 3 is 2.02 bits per heavy atom. The first-order chi connectivity index (χ1) is 20.5. The molecule has 0 aliphatic carbocycles. The lowest BCUT2D eigenvalue weighted by molar-refractivity contribution is -0.140. The zero-order chi connectivity index (χ0) is 31.0. The molecule has 9 heteroatoms. The number of hydrogen-bond acceptors (Lipinski definition) is 4. The molecule has 0 aromatic heterocycles. The Kier molecular flexibility index (Phi) is 10.6. The molecular weight excluding hydrogens is 582 g/mol. The number of rotatable bonds is 12. The van der Waals surface area contributed by atoms with Gasteiger partial charge in [0.2, 0.25) is 11.8 Å². The maximum Gasteiger partial charge on any atom is 0.264 e. The molecule has 224 valence electrons. The van der Waals surface area contributed by atoms with E-state index in [1.807, 2.05) is 57.2 Å². The summed E-state index contributed by atoms with van der Waals surface area (Å²) in [6.45, 7) is 5.15. The fraction of sp³-hybridized carbons (Fsp3) is 0.235. The van der Waals surface area contributed by atoms with Crippen molar-refractivity contribution < 1.29 is 18.0 Å². The second kappa shape index (κ2) is 14.4. The van der Waals surface area contributed by atoms with Gasteiger partial charge in [-0.15, -0.1) is 0 Å². The van der Waals surface area contributed by atoms with Crippen LogP contribution in [0.2, 0.25) is 5.02 Å². The van der Waals surface area contributed by atoms with Gasteiger partial charge in [-0.3, -0.25) is 13.9 Å². The minimum atomic E-state index is -4.13. The van der Waals surface area contributed by atoms with E-state index in [1.54, 1.807) is 60.7 Å². The fourth-order valence-electron chi connectivity index (χ4n) is 4.73. The van der Waals surface area contributed by atoms with Gasteiger partial charge < -0.3 is 10.2 Å². The maximum absolute atomic E-state index is 14.4. The smallest absolute Gasteiger partial charge is 0.264 e. The number of nitrogens with one attached hydrogen (secondary N) is 1. The molecule has 0 saturated carbocycles. The summed E-state index contributed by atoms with van der Waals surface area (Å²) in [6, 6.07) is 30.4. The van der Waals surface area contributed by atoms with Gasteiger partial charge in [-0.25, -0.2) is 8.42 Å². The molecule has 0 bridgehead atoms. The van der Waals surface area contributed by atoms with Crippen LogP contribution in [0, 0.1) is 6.92 Å². The van der Waals surface area contributed by atoms with Gasteiger partial charge in [0.15, 0.2) is 0 Å². The number of halogens is 1. The van der Waals surface area contributed by atoms with E-state index in [1.165, 1.54) is 17.0 Å². The number of carbonyl (C=O) groups excluding carboxylic acids is 2. The van der Waals surface area contributed by atoms with Gasteiger partial charge in [0, 0.05) is 24.0 Å². The van der Waals surface area contributed by atoms with Gasteiger partial charge in [-0.2, -0.15) is 0 Å². The van der Waals surface area contributed by atoms with Gasteiger partial charge in [-0.05, 0) is 68.3 Å². The van der Waals surface area contributed by atoms with E-state index in [0.717, 1.165) is 15.4 Å². The van der Waals surface area contributed by atoms with E-state index in [0.29, 0.717) is 16.3 Å². The molecule has 0 saturated heterocycles.